The molecule has 0 fully saturated rings. The van der Waals surface area contributed by atoms with Crippen molar-refractivity contribution < 1.29 is 13.9 Å². The van der Waals surface area contributed by atoms with Gasteiger partial charge in [0.2, 0.25) is 8.32 Å². The summed E-state index contributed by atoms with van der Waals surface area (Å²) in [5, 5.41) is 9.50. The molecule has 0 aromatic heterocycles. The topological polar surface area (TPSA) is 51.5 Å². The molecule has 0 aliphatic rings. The van der Waals surface area contributed by atoms with Crippen molar-refractivity contribution in [1.29, 1.82) is 5.26 Å². The molecule has 0 N–H and O–H groups in total. The summed E-state index contributed by atoms with van der Waals surface area (Å²) in [7, 11) is -1.70. The highest BCUT2D eigenvalue weighted by Gasteiger charge is 2.30. The average Bonchev–Trinajstić information content (AvgIpc) is 2.72. The van der Waals surface area contributed by atoms with Gasteiger partial charge >= 0.3 is 0 Å². The lowest BCUT2D eigenvalue weighted by molar-refractivity contribution is -0.0145. The molecule has 1 atom stereocenters. The summed E-state index contributed by atoms with van der Waals surface area (Å²) in [4.78, 5) is 0. The van der Waals surface area contributed by atoms with E-state index in [1.165, 1.54) is 0 Å². The first kappa shape index (κ1) is 22.0. The van der Waals surface area contributed by atoms with Crippen molar-refractivity contribution in [2.75, 3.05) is 6.79 Å². The van der Waals surface area contributed by atoms with Gasteiger partial charge in [0.15, 0.2) is 12.9 Å². The molecule has 0 radical (unpaired) electrons. The molecule has 28 heavy (non-hydrogen) atoms. The largest absolute Gasteiger partial charge is 0.544 e. The maximum atomic E-state index is 9.50. The Morgan fingerprint density at radius 2 is 1.50 bits per heavy atom. The molecule has 0 saturated heterocycles. The molecule has 0 amide bonds. The quantitative estimate of drug-likeness (QED) is 0.348. The fourth-order valence-corrected chi connectivity index (χ4v) is 5.89. The molecular formula is C23H31NO3Si. The second-order valence-electron chi connectivity index (χ2n) is 7.07. The normalized spacial score (nSPS) is 12.3. The number of para-hydroxylation sites is 1. The zero-order valence-electron chi connectivity index (χ0n) is 17.6. The molecule has 0 aliphatic heterocycles. The summed E-state index contributed by atoms with van der Waals surface area (Å²) in [5.41, 5.74) is 2.90. The molecule has 0 saturated carbocycles. The number of hydrogen-bond donors (Lipinski definition) is 0. The lowest BCUT2D eigenvalue weighted by Crippen LogP contribution is -2.39. The lowest BCUT2D eigenvalue weighted by Gasteiger charge is -2.29. The molecule has 2 aromatic carbocycles. The van der Waals surface area contributed by atoms with Crippen molar-refractivity contribution in [2.24, 2.45) is 0 Å². The molecule has 0 bridgehead atoms. The van der Waals surface area contributed by atoms with Gasteiger partial charge in [-0.1, -0.05) is 51.1 Å². The van der Waals surface area contributed by atoms with Crippen molar-refractivity contribution in [2.45, 2.75) is 58.9 Å². The van der Waals surface area contributed by atoms with Crippen molar-refractivity contribution in [3.8, 4) is 17.6 Å². The highest BCUT2D eigenvalue weighted by atomic mass is 28.4. The highest BCUT2D eigenvalue weighted by molar-refractivity contribution is 6.74. The number of rotatable bonds is 10. The van der Waals surface area contributed by atoms with E-state index in [9.17, 15) is 5.26 Å². The van der Waals surface area contributed by atoms with E-state index in [4.69, 9.17) is 13.9 Å². The van der Waals surface area contributed by atoms with Crippen LogP contribution in [0.25, 0.3) is 0 Å². The van der Waals surface area contributed by atoms with E-state index >= 15 is 0 Å². The van der Waals surface area contributed by atoms with Gasteiger partial charge in [-0.15, -0.1) is 0 Å². The minimum absolute atomic E-state index is 0.0275. The summed E-state index contributed by atoms with van der Waals surface area (Å²) in [6.07, 6.45) is -0.677. The molecule has 0 aliphatic carbocycles. The highest BCUT2D eigenvalue weighted by Crippen LogP contribution is 2.28. The molecule has 0 heterocycles. The van der Waals surface area contributed by atoms with Gasteiger partial charge in [-0.05, 0) is 60.8 Å². The van der Waals surface area contributed by atoms with Crippen LogP contribution in [0.5, 0.6) is 11.5 Å². The van der Waals surface area contributed by atoms with E-state index in [1.807, 2.05) is 56.3 Å². The van der Waals surface area contributed by atoms with Gasteiger partial charge in [0.1, 0.15) is 11.5 Å². The second-order valence-corrected chi connectivity index (χ2v) is 11.8. The molecule has 1 unspecified atom stereocenters. The third-order valence-corrected chi connectivity index (χ3v) is 9.95. The van der Waals surface area contributed by atoms with Crippen LogP contribution < -0.4 is 9.16 Å². The predicted octanol–water partition coefficient (Wildman–Crippen LogP) is 6.31. The molecule has 150 valence electrons. The Kier molecular flexibility index (Phi) is 8.10. The lowest BCUT2D eigenvalue weighted by atomic mass is 10.1. The Hall–Kier alpha value is -2.29. The number of benzene rings is 2. The van der Waals surface area contributed by atoms with E-state index in [-0.39, 0.29) is 6.79 Å². The number of nitrogens with zero attached hydrogens (tertiary/aromatic N) is 1. The first-order chi connectivity index (χ1) is 13.5. The predicted molar refractivity (Wildman–Crippen MR) is 115 cm³/mol. The van der Waals surface area contributed by atoms with Crippen molar-refractivity contribution in [3.05, 3.63) is 59.2 Å². The molecule has 2 aromatic rings. The number of hydrogen-bond acceptors (Lipinski definition) is 4. The van der Waals surface area contributed by atoms with E-state index in [2.05, 4.69) is 26.8 Å². The van der Waals surface area contributed by atoms with Gasteiger partial charge < -0.3 is 13.9 Å². The van der Waals surface area contributed by atoms with Crippen LogP contribution in [-0.4, -0.2) is 15.1 Å². The minimum Gasteiger partial charge on any atom is -0.544 e. The smallest absolute Gasteiger partial charge is 0.250 e. The van der Waals surface area contributed by atoms with Crippen LogP contribution in [0.2, 0.25) is 18.1 Å². The molecule has 5 heteroatoms. The van der Waals surface area contributed by atoms with Gasteiger partial charge in [0.05, 0.1) is 6.07 Å². The molecule has 4 nitrogen and oxygen atoms in total. The maximum absolute atomic E-state index is 9.50. The van der Waals surface area contributed by atoms with Crippen molar-refractivity contribution in [1.82, 2.24) is 0 Å². The van der Waals surface area contributed by atoms with E-state index < -0.39 is 14.4 Å². The number of aryl methyl sites for hydroxylation is 2. The Morgan fingerprint density at radius 3 is 2.00 bits per heavy atom. The summed E-state index contributed by atoms with van der Waals surface area (Å²) in [5.74, 6) is 1.69. The molecule has 2 rings (SSSR count). The average molecular weight is 398 g/mol. The first-order valence-corrected chi connectivity index (χ1v) is 12.5. The molecular weight excluding hydrogens is 366 g/mol. The minimum atomic E-state index is -1.70. The van der Waals surface area contributed by atoms with Crippen LogP contribution in [-0.2, 0) is 4.74 Å². The van der Waals surface area contributed by atoms with Crippen LogP contribution in [0.4, 0.5) is 0 Å². The summed E-state index contributed by atoms with van der Waals surface area (Å²) < 4.78 is 17.8. The van der Waals surface area contributed by atoms with Gasteiger partial charge in [0, 0.05) is 0 Å². The fourth-order valence-electron chi connectivity index (χ4n) is 3.32. The summed E-state index contributed by atoms with van der Waals surface area (Å²) in [6, 6.07) is 19.2. The van der Waals surface area contributed by atoms with Crippen LogP contribution in [0.3, 0.4) is 0 Å². The third-order valence-electron chi connectivity index (χ3n) is 5.41. The Bertz CT molecular complexity index is 766. The van der Waals surface area contributed by atoms with E-state index in [1.54, 1.807) is 0 Å². The Morgan fingerprint density at radius 1 is 0.929 bits per heavy atom. The van der Waals surface area contributed by atoms with Crippen molar-refractivity contribution >= 4 is 8.32 Å². The Labute approximate surface area is 170 Å². The van der Waals surface area contributed by atoms with Gasteiger partial charge in [-0.3, -0.25) is 0 Å². The zero-order valence-corrected chi connectivity index (χ0v) is 18.6. The van der Waals surface area contributed by atoms with E-state index in [0.717, 1.165) is 46.3 Å². The second kappa shape index (κ2) is 10.3. The van der Waals surface area contributed by atoms with Crippen molar-refractivity contribution in [3.63, 3.8) is 0 Å². The number of nitriles is 1. The standard InChI is InChI=1S/C23H31NO3Si/c1-6-28(7-2,8-3)27-21-14-12-20(13-15-21)22(16-24)25-17-26-23-18(4)10-9-11-19(23)5/h9-15,22H,6-8,17H2,1-5H3. The summed E-state index contributed by atoms with van der Waals surface area (Å²) in [6.45, 7) is 10.7. The molecule has 0 spiro atoms. The summed E-state index contributed by atoms with van der Waals surface area (Å²) >= 11 is 0. The van der Waals surface area contributed by atoms with E-state index in [0.29, 0.717) is 0 Å². The maximum Gasteiger partial charge on any atom is 0.250 e. The third kappa shape index (κ3) is 5.37. The zero-order chi connectivity index (χ0) is 20.6. The monoisotopic (exact) mass is 397 g/mol. The van der Waals surface area contributed by atoms with Gasteiger partial charge in [0.25, 0.3) is 0 Å². The van der Waals surface area contributed by atoms with Gasteiger partial charge in [-0.25, -0.2) is 0 Å². The van der Waals surface area contributed by atoms with Crippen LogP contribution in [0.15, 0.2) is 42.5 Å². The van der Waals surface area contributed by atoms with Crippen LogP contribution in [0, 0.1) is 25.2 Å². The van der Waals surface area contributed by atoms with Gasteiger partial charge in [-0.2, -0.15) is 5.26 Å². The SMILES string of the molecule is CC[Si](CC)(CC)Oc1ccc(C(C#N)OCOc2c(C)cccc2C)cc1. The van der Waals surface area contributed by atoms with Crippen LogP contribution >= 0.6 is 0 Å². The fraction of sp³-hybridized carbons (Fsp3) is 0.435. The van der Waals surface area contributed by atoms with Crippen LogP contribution in [0.1, 0.15) is 43.6 Å². The number of ether oxygens (including phenoxy) is 2. The Balaban J connectivity index is 2.00. The first-order valence-electron chi connectivity index (χ1n) is 9.97.